The van der Waals surface area contributed by atoms with Gasteiger partial charge in [-0.15, -0.1) is 0 Å². The van der Waals surface area contributed by atoms with Crippen LogP contribution in [-0.2, 0) is 0 Å². The second kappa shape index (κ2) is 4.12. The van der Waals surface area contributed by atoms with E-state index < -0.39 is 0 Å². The second-order valence-electron chi connectivity index (χ2n) is 4.46. The summed E-state index contributed by atoms with van der Waals surface area (Å²) in [6, 6.07) is 8.35. The molecule has 1 fully saturated rings. The van der Waals surface area contributed by atoms with Crippen molar-refractivity contribution in [1.29, 1.82) is 0 Å². The zero-order chi connectivity index (χ0) is 10.8. The van der Waals surface area contributed by atoms with E-state index in [1.165, 1.54) is 48.7 Å². The fraction of sp³-hybridized carbons (Fsp3) is 0.357. The molecular weight excluding hydrogens is 196 g/mol. The largest absolute Gasteiger partial charge is 0.359 e. The topological polar surface area (TPSA) is 28.1 Å². The molecule has 1 N–H and O–H groups in total. The van der Waals surface area contributed by atoms with Crippen LogP contribution in [0.1, 0.15) is 32.1 Å². The predicted molar refractivity (Wildman–Crippen MR) is 68.5 cm³/mol. The molecule has 0 aliphatic heterocycles. The van der Waals surface area contributed by atoms with E-state index in [0.717, 1.165) is 5.69 Å². The highest BCUT2D eigenvalue weighted by atomic mass is 14.8. The molecule has 1 aromatic carbocycles. The summed E-state index contributed by atoms with van der Waals surface area (Å²) in [7, 11) is 0. The first-order chi connectivity index (χ1) is 7.93. The highest BCUT2D eigenvalue weighted by Gasteiger charge is 2.08. The molecule has 0 atom stereocenters. The van der Waals surface area contributed by atoms with Crippen LogP contribution in [0.25, 0.3) is 10.9 Å². The zero-order valence-corrected chi connectivity index (χ0v) is 9.37. The van der Waals surface area contributed by atoms with Crippen LogP contribution >= 0.6 is 0 Å². The zero-order valence-electron chi connectivity index (χ0n) is 9.37. The smallest absolute Gasteiger partial charge is 0.0882 e. The van der Waals surface area contributed by atoms with Crippen molar-refractivity contribution in [3.05, 3.63) is 30.5 Å². The minimum absolute atomic E-state index is 1.10. The molecule has 0 amide bonds. The van der Waals surface area contributed by atoms with Gasteiger partial charge in [-0.2, -0.15) is 0 Å². The Bertz CT molecular complexity index is 514. The first-order valence-electron chi connectivity index (χ1n) is 6.06. The van der Waals surface area contributed by atoms with E-state index in [0.29, 0.717) is 0 Å². The lowest BCUT2D eigenvalue weighted by Crippen LogP contribution is -2.03. The van der Waals surface area contributed by atoms with Crippen molar-refractivity contribution < 1.29 is 0 Å². The number of nitrogens with zero attached hydrogens (tertiary/aromatic N) is 1. The van der Waals surface area contributed by atoms with Gasteiger partial charge in [0.15, 0.2) is 0 Å². The van der Waals surface area contributed by atoms with Crippen molar-refractivity contribution in [1.82, 2.24) is 4.98 Å². The number of nitrogens with one attached hydrogen (secondary N) is 1. The van der Waals surface area contributed by atoms with Gasteiger partial charge in [-0.25, -0.2) is 0 Å². The first kappa shape index (κ1) is 9.64. The van der Waals surface area contributed by atoms with E-state index >= 15 is 0 Å². The monoisotopic (exact) mass is 212 g/mol. The minimum Gasteiger partial charge on any atom is -0.359 e. The highest BCUT2D eigenvalue weighted by molar-refractivity contribution is 5.96. The van der Waals surface area contributed by atoms with Crippen molar-refractivity contribution in [2.45, 2.75) is 32.1 Å². The number of aromatic nitrogens is 1. The van der Waals surface area contributed by atoms with Gasteiger partial charge in [0, 0.05) is 22.8 Å². The van der Waals surface area contributed by atoms with E-state index in [2.05, 4.69) is 29.2 Å². The van der Waals surface area contributed by atoms with Crippen LogP contribution in [-0.4, -0.2) is 10.7 Å². The second-order valence-corrected chi connectivity index (χ2v) is 4.46. The highest BCUT2D eigenvalue weighted by Crippen LogP contribution is 2.27. The molecule has 3 rings (SSSR count). The van der Waals surface area contributed by atoms with Crippen molar-refractivity contribution in [3.8, 4) is 0 Å². The Morgan fingerprint density at radius 3 is 2.69 bits per heavy atom. The first-order valence-corrected chi connectivity index (χ1v) is 6.06. The van der Waals surface area contributed by atoms with Gasteiger partial charge in [0.25, 0.3) is 0 Å². The van der Waals surface area contributed by atoms with E-state index in [4.69, 9.17) is 4.99 Å². The van der Waals surface area contributed by atoms with Gasteiger partial charge in [-0.1, -0.05) is 24.6 Å². The van der Waals surface area contributed by atoms with Crippen LogP contribution in [0.5, 0.6) is 0 Å². The lowest BCUT2D eigenvalue weighted by atomic mass is 9.98. The van der Waals surface area contributed by atoms with Gasteiger partial charge in [-0.05, 0) is 31.7 Å². The minimum atomic E-state index is 1.10. The van der Waals surface area contributed by atoms with Crippen LogP contribution in [0, 0.1) is 0 Å². The third-order valence-corrected chi connectivity index (χ3v) is 3.28. The number of H-pyrrole nitrogens is 1. The van der Waals surface area contributed by atoms with Crippen molar-refractivity contribution >= 4 is 22.3 Å². The molecule has 2 nitrogen and oxygen atoms in total. The summed E-state index contributed by atoms with van der Waals surface area (Å²) in [5.41, 5.74) is 3.65. The SMILES string of the molecule is c1ccc2c(N=C3CCCCC3)c[nH]c2c1. The molecule has 1 aliphatic rings. The molecule has 0 spiro atoms. The maximum atomic E-state index is 4.79. The summed E-state index contributed by atoms with van der Waals surface area (Å²) >= 11 is 0. The quantitative estimate of drug-likeness (QED) is 0.733. The van der Waals surface area contributed by atoms with Crippen LogP contribution < -0.4 is 0 Å². The molecule has 2 aromatic rings. The van der Waals surface area contributed by atoms with E-state index in [1.807, 2.05) is 6.20 Å². The number of fused-ring (bicyclic) bond motifs is 1. The molecule has 82 valence electrons. The van der Waals surface area contributed by atoms with Crippen LogP contribution in [0.2, 0.25) is 0 Å². The van der Waals surface area contributed by atoms with E-state index in [-0.39, 0.29) is 0 Å². The van der Waals surface area contributed by atoms with Gasteiger partial charge >= 0.3 is 0 Å². The van der Waals surface area contributed by atoms with Crippen LogP contribution in [0.15, 0.2) is 35.5 Å². The van der Waals surface area contributed by atoms with Gasteiger partial charge in [0.2, 0.25) is 0 Å². The number of benzene rings is 1. The Labute approximate surface area is 95.4 Å². The standard InChI is InChI=1S/C14H16N2/c1-2-6-11(7-3-1)16-14-10-15-13-9-5-4-8-12(13)14/h4-5,8-10,15H,1-3,6-7H2. The molecule has 0 unspecified atom stereocenters. The molecule has 0 bridgehead atoms. The van der Waals surface area contributed by atoms with Gasteiger partial charge in [-0.3, -0.25) is 4.99 Å². The molecule has 1 aliphatic carbocycles. The van der Waals surface area contributed by atoms with Crippen molar-refractivity contribution in [2.24, 2.45) is 4.99 Å². The number of aromatic amines is 1. The van der Waals surface area contributed by atoms with E-state index in [1.54, 1.807) is 0 Å². The molecule has 16 heavy (non-hydrogen) atoms. The Morgan fingerprint density at radius 1 is 1.00 bits per heavy atom. The number of hydrogen-bond donors (Lipinski definition) is 1. The summed E-state index contributed by atoms with van der Waals surface area (Å²) in [6.07, 6.45) is 8.36. The summed E-state index contributed by atoms with van der Waals surface area (Å²) in [4.78, 5) is 8.06. The average Bonchev–Trinajstić information content (AvgIpc) is 2.74. The molecule has 1 heterocycles. The molecular formula is C14H16N2. The Balaban J connectivity index is 1.99. The van der Waals surface area contributed by atoms with Gasteiger partial charge < -0.3 is 4.98 Å². The number of rotatable bonds is 1. The van der Waals surface area contributed by atoms with Gasteiger partial charge in [0.05, 0.1) is 5.69 Å². The molecule has 0 saturated heterocycles. The molecule has 2 heteroatoms. The number of hydrogen-bond acceptors (Lipinski definition) is 1. The Hall–Kier alpha value is -1.57. The Kier molecular flexibility index (Phi) is 2.49. The summed E-state index contributed by atoms with van der Waals surface area (Å²) in [5, 5.41) is 1.24. The average molecular weight is 212 g/mol. The molecule has 0 radical (unpaired) electrons. The maximum absolute atomic E-state index is 4.79. The maximum Gasteiger partial charge on any atom is 0.0882 e. The number of aliphatic imine (C=N–C) groups is 1. The van der Waals surface area contributed by atoms with Crippen molar-refractivity contribution in [3.63, 3.8) is 0 Å². The summed E-state index contributed by atoms with van der Waals surface area (Å²) in [6.45, 7) is 0. The molecule has 1 aromatic heterocycles. The van der Waals surface area contributed by atoms with Crippen LogP contribution in [0.4, 0.5) is 5.69 Å². The summed E-state index contributed by atoms with van der Waals surface area (Å²) < 4.78 is 0. The Morgan fingerprint density at radius 2 is 1.81 bits per heavy atom. The van der Waals surface area contributed by atoms with Crippen LogP contribution in [0.3, 0.4) is 0 Å². The summed E-state index contributed by atoms with van der Waals surface area (Å²) in [5.74, 6) is 0. The number of para-hydroxylation sites is 1. The third-order valence-electron chi connectivity index (χ3n) is 3.28. The van der Waals surface area contributed by atoms with E-state index in [9.17, 15) is 0 Å². The predicted octanol–water partition coefficient (Wildman–Crippen LogP) is 4.20. The normalized spacial score (nSPS) is 16.6. The fourth-order valence-corrected chi connectivity index (χ4v) is 2.39. The fourth-order valence-electron chi connectivity index (χ4n) is 2.39. The third kappa shape index (κ3) is 1.75. The van der Waals surface area contributed by atoms with Crippen molar-refractivity contribution in [2.75, 3.05) is 0 Å². The van der Waals surface area contributed by atoms with Gasteiger partial charge in [0.1, 0.15) is 0 Å². The molecule has 1 saturated carbocycles. The lowest BCUT2D eigenvalue weighted by Gasteiger charge is -2.11. The lowest BCUT2D eigenvalue weighted by molar-refractivity contribution is 0.667.